The number of aliphatic hydroxyl groups excluding tert-OH is 1. The van der Waals surface area contributed by atoms with E-state index in [1.165, 1.54) is 19.1 Å². The number of benzene rings is 2. The quantitative estimate of drug-likeness (QED) is 0.825. The van der Waals surface area contributed by atoms with E-state index in [2.05, 4.69) is 5.32 Å². The summed E-state index contributed by atoms with van der Waals surface area (Å²) in [7, 11) is 0. The molecule has 0 saturated carbocycles. The molecule has 0 aliphatic carbocycles. The van der Waals surface area contributed by atoms with Crippen LogP contribution in [0.15, 0.2) is 42.5 Å². The Morgan fingerprint density at radius 3 is 2.57 bits per heavy atom. The molecule has 0 spiro atoms. The molecule has 0 amide bonds. The number of Topliss-reactive ketones (excluding diaryl/α,β-unsaturated/α-hetero) is 1. The van der Waals surface area contributed by atoms with Crippen molar-refractivity contribution in [2.24, 2.45) is 0 Å². The molecule has 2 aromatic carbocycles. The third-order valence-electron chi connectivity index (χ3n) is 3.11. The van der Waals surface area contributed by atoms with Crippen LogP contribution in [-0.2, 0) is 0 Å². The van der Waals surface area contributed by atoms with Gasteiger partial charge in [-0.15, -0.1) is 0 Å². The molecule has 0 radical (unpaired) electrons. The molecule has 0 bridgehead atoms. The topological polar surface area (TPSA) is 49.3 Å². The molecule has 110 valence electrons. The van der Waals surface area contributed by atoms with Gasteiger partial charge >= 0.3 is 0 Å². The predicted molar refractivity (Wildman–Crippen MR) is 81.3 cm³/mol. The van der Waals surface area contributed by atoms with E-state index < -0.39 is 11.9 Å². The number of carbonyl (C=O) groups is 1. The standard InChI is InChI=1S/C16H15ClFNO2/c1-10(20)16-13(18)3-2-4-14(16)19-9-15(21)11-5-7-12(17)8-6-11/h2-8,15,19,21H,9H2,1H3/t15-/m0/s1. The van der Waals surface area contributed by atoms with Gasteiger partial charge in [-0.25, -0.2) is 4.39 Å². The summed E-state index contributed by atoms with van der Waals surface area (Å²) in [5.41, 5.74) is 1.06. The average Bonchev–Trinajstić information content (AvgIpc) is 2.45. The molecule has 0 unspecified atom stereocenters. The second-order valence-corrected chi connectivity index (χ2v) is 5.10. The van der Waals surface area contributed by atoms with Gasteiger partial charge in [-0.2, -0.15) is 0 Å². The van der Waals surface area contributed by atoms with E-state index >= 15 is 0 Å². The highest BCUT2D eigenvalue weighted by Gasteiger charge is 2.14. The number of nitrogens with one attached hydrogen (secondary N) is 1. The summed E-state index contributed by atoms with van der Waals surface area (Å²) in [4.78, 5) is 11.5. The molecule has 0 saturated heterocycles. The molecular formula is C16H15ClFNO2. The van der Waals surface area contributed by atoms with Gasteiger partial charge in [0.2, 0.25) is 0 Å². The van der Waals surface area contributed by atoms with Crippen molar-refractivity contribution in [1.82, 2.24) is 0 Å². The van der Waals surface area contributed by atoms with Gasteiger partial charge in [0.15, 0.2) is 5.78 Å². The van der Waals surface area contributed by atoms with E-state index in [-0.39, 0.29) is 17.9 Å². The highest BCUT2D eigenvalue weighted by Crippen LogP contribution is 2.22. The molecule has 2 aromatic rings. The Balaban J connectivity index is 2.11. The van der Waals surface area contributed by atoms with Crippen LogP contribution < -0.4 is 5.32 Å². The SMILES string of the molecule is CC(=O)c1c(F)cccc1NC[C@H](O)c1ccc(Cl)cc1. The van der Waals surface area contributed by atoms with E-state index in [4.69, 9.17) is 11.6 Å². The normalized spacial score (nSPS) is 12.0. The molecular weight excluding hydrogens is 293 g/mol. The van der Waals surface area contributed by atoms with E-state index in [1.54, 1.807) is 30.3 Å². The van der Waals surface area contributed by atoms with Crippen LogP contribution in [0.3, 0.4) is 0 Å². The highest BCUT2D eigenvalue weighted by molar-refractivity contribution is 6.30. The fraction of sp³-hybridized carbons (Fsp3) is 0.188. The third kappa shape index (κ3) is 3.80. The van der Waals surface area contributed by atoms with Crippen LogP contribution in [0.1, 0.15) is 28.9 Å². The van der Waals surface area contributed by atoms with Gasteiger partial charge in [-0.3, -0.25) is 4.79 Å². The maximum atomic E-state index is 13.7. The molecule has 2 rings (SSSR count). The molecule has 5 heteroatoms. The number of aliphatic hydroxyl groups is 1. The summed E-state index contributed by atoms with van der Waals surface area (Å²) in [5, 5.41) is 13.6. The fourth-order valence-corrected chi connectivity index (χ4v) is 2.16. The fourth-order valence-electron chi connectivity index (χ4n) is 2.04. The van der Waals surface area contributed by atoms with Crippen molar-refractivity contribution in [3.63, 3.8) is 0 Å². The predicted octanol–water partition coefficient (Wildman–Crippen LogP) is 3.83. The first-order chi connectivity index (χ1) is 9.99. The van der Waals surface area contributed by atoms with Crippen molar-refractivity contribution in [2.45, 2.75) is 13.0 Å². The molecule has 1 atom stereocenters. The van der Waals surface area contributed by atoms with Crippen molar-refractivity contribution in [3.05, 3.63) is 64.4 Å². The zero-order chi connectivity index (χ0) is 15.4. The Kier molecular flexibility index (Phi) is 4.94. The minimum atomic E-state index is -0.787. The Bertz CT molecular complexity index is 643. The van der Waals surface area contributed by atoms with Gasteiger partial charge in [0, 0.05) is 17.3 Å². The van der Waals surface area contributed by atoms with Crippen LogP contribution in [-0.4, -0.2) is 17.4 Å². The summed E-state index contributed by atoms with van der Waals surface area (Å²) in [5.74, 6) is -0.940. The zero-order valence-corrected chi connectivity index (χ0v) is 12.2. The second-order valence-electron chi connectivity index (χ2n) is 4.67. The Labute approximate surface area is 127 Å². The summed E-state index contributed by atoms with van der Waals surface area (Å²) < 4.78 is 13.7. The van der Waals surface area contributed by atoms with Crippen molar-refractivity contribution >= 4 is 23.1 Å². The lowest BCUT2D eigenvalue weighted by molar-refractivity contribution is 0.101. The molecule has 0 aromatic heterocycles. The van der Waals surface area contributed by atoms with Gasteiger partial charge in [0.1, 0.15) is 5.82 Å². The lowest BCUT2D eigenvalue weighted by atomic mass is 10.1. The lowest BCUT2D eigenvalue weighted by Crippen LogP contribution is -2.14. The first kappa shape index (κ1) is 15.5. The Hall–Kier alpha value is -1.91. The largest absolute Gasteiger partial charge is 0.387 e. The zero-order valence-electron chi connectivity index (χ0n) is 11.4. The number of hydrogen-bond donors (Lipinski definition) is 2. The number of hydrogen-bond acceptors (Lipinski definition) is 3. The van der Waals surface area contributed by atoms with Gasteiger partial charge in [-0.1, -0.05) is 29.8 Å². The molecule has 0 heterocycles. The monoisotopic (exact) mass is 307 g/mol. The van der Waals surface area contributed by atoms with Crippen LogP contribution in [0.4, 0.5) is 10.1 Å². The van der Waals surface area contributed by atoms with Crippen LogP contribution >= 0.6 is 11.6 Å². The van der Waals surface area contributed by atoms with Gasteiger partial charge in [0.05, 0.1) is 11.7 Å². The number of carbonyl (C=O) groups excluding carboxylic acids is 1. The molecule has 0 aliphatic heterocycles. The molecule has 3 nitrogen and oxygen atoms in total. The maximum Gasteiger partial charge on any atom is 0.164 e. The van der Waals surface area contributed by atoms with Crippen LogP contribution in [0.2, 0.25) is 5.02 Å². The van der Waals surface area contributed by atoms with Gasteiger partial charge in [0.25, 0.3) is 0 Å². The van der Waals surface area contributed by atoms with Crippen molar-refractivity contribution in [1.29, 1.82) is 0 Å². The van der Waals surface area contributed by atoms with Crippen molar-refractivity contribution < 1.29 is 14.3 Å². The summed E-state index contributed by atoms with van der Waals surface area (Å²) in [6.45, 7) is 1.46. The first-order valence-corrected chi connectivity index (χ1v) is 6.83. The van der Waals surface area contributed by atoms with Crippen LogP contribution in [0.5, 0.6) is 0 Å². The number of halogens is 2. The minimum Gasteiger partial charge on any atom is -0.387 e. The van der Waals surface area contributed by atoms with Crippen LogP contribution in [0.25, 0.3) is 0 Å². The second kappa shape index (κ2) is 6.70. The van der Waals surface area contributed by atoms with Crippen molar-refractivity contribution in [2.75, 3.05) is 11.9 Å². The van der Waals surface area contributed by atoms with E-state index in [0.717, 1.165) is 0 Å². The molecule has 21 heavy (non-hydrogen) atoms. The number of anilines is 1. The molecule has 0 aliphatic rings. The highest BCUT2D eigenvalue weighted by atomic mass is 35.5. The van der Waals surface area contributed by atoms with E-state index in [1.807, 2.05) is 0 Å². The summed E-state index contributed by atoms with van der Waals surface area (Å²) in [6.07, 6.45) is -0.787. The Morgan fingerprint density at radius 2 is 1.95 bits per heavy atom. The molecule has 0 fully saturated rings. The summed E-state index contributed by atoms with van der Waals surface area (Å²) in [6, 6.07) is 11.1. The Morgan fingerprint density at radius 1 is 1.29 bits per heavy atom. The van der Waals surface area contributed by atoms with Crippen molar-refractivity contribution in [3.8, 4) is 0 Å². The smallest absolute Gasteiger partial charge is 0.164 e. The third-order valence-corrected chi connectivity index (χ3v) is 3.36. The lowest BCUT2D eigenvalue weighted by Gasteiger charge is -2.15. The maximum absolute atomic E-state index is 13.7. The number of rotatable bonds is 5. The molecule has 2 N–H and O–H groups in total. The van der Waals surface area contributed by atoms with Gasteiger partial charge in [-0.05, 0) is 36.8 Å². The van der Waals surface area contributed by atoms with Crippen LogP contribution in [0, 0.1) is 5.82 Å². The van der Waals surface area contributed by atoms with E-state index in [9.17, 15) is 14.3 Å². The summed E-state index contributed by atoms with van der Waals surface area (Å²) >= 11 is 5.79. The minimum absolute atomic E-state index is 0.000746. The first-order valence-electron chi connectivity index (χ1n) is 6.46. The van der Waals surface area contributed by atoms with E-state index in [0.29, 0.717) is 16.3 Å². The average molecular weight is 308 g/mol. The van der Waals surface area contributed by atoms with Gasteiger partial charge < -0.3 is 10.4 Å². The number of ketones is 1.